The molecule has 1 atom stereocenters. The summed E-state index contributed by atoms with van der Waals surface area (Å²) < 4.78 is 0. The van der Waals surface area contributed by atoms with Crippen LogP contribution in [-0.2, 0) is 11.2 Å². The Morgan fingerprint density at radius 3 is 2.43 bits per heavy atom. The molecular formula is C20H25N3O3S2. The number of thioether (sulfide) groups is 1. The number of thiophene rings is 1. The van der Waals surface area contributed by atoms with Crippen LogP contribution in [0.4, 0.5) is 0 Å². The van der Waals surface area contributed by atoms with Gasteiger partial charge in [-0.1, -0.05) is 25.1 Å². The Morgan fingerprint density at radius 1 is 1.11 bits per heavy atom. The lowest BCUT2D eigenvalue weighted by Crippen LogP contribution is -2.52. The molecule has 0 radical (unpaired) electrons. The maximum atomic E-state index is 12.5. The van der Waals surface area contributed by atoms with Crippen LogP contribution in [0.2, 0.25) is 0 Å². The van der Waals surface area contributed by atoms with Gasteiger partial charge in [-0.3, -0.25) is 25.2 Å². The van der Waals surface area contributed by atoms with E-state index in [0.717, 1.165) is 16.9 Å². The van der Waals surface area contributed by atoms with Crippen LogP contribution in [0.5, 0.6) is 0 Å². The lowest BCUT2D eigenvalue weighted by atomic mass is 10.1. The van der Waals surface area contributed by atoms with E-state index in [4.69, 9.17) is 0 Å². The van der Waals surface area contributed by atoms with Crippen molar-refractivity contribution in [2.75, 3.05) is 12.0 Å². The molecule has 150 valence electrons. The molecule has 8 heteroatoms. The van der Waals surface area contributed by atoms with E-state index in [2.05, 4.69) is 16.2 Å². The van der Waals surface area contributed by atoms with Gasteiger partial charge in [0.1, 0.15) is 6.04 Å². The zero-order valence-corrected chi connectivity index (χ0v) is 17.8. The van der Waals surface area contributed by atoms with Crippen molar-refractivity contribution in [1.82, 2.24) is 16.2 Å². The zero-order valence-electron chi connectivity index (χ0n) is 16.2. The average Bonchev–Trinajstić information content (AvgIpc) is 3.10. The molecule has 1 aromatic carbocycles. The maximum absolute atomic E-state index is 12.5. The lowest BCUT2D eigenvalue weighted by molar-refractivity contribution is -0.123. The Kier molecular flexibility index (Phi) is 8.53. The molecule has 0 fully saturated rings. The minimum atomic E-state index is -0.739. The second-order valence-corrected chi connectivity index (χ2v) is 8.31. The average molecular weight is 420 g/mol. The third kappa shape index (κ3) is 6.10. The molecule has 2 rings (SSSR count). The molecule has 1 heterocycles. The maximum Gasteiger partial charge on any atom is 0.279 e. The number of benzene rings is 1. The third-order valence-electron chi connectivity index (χ3n) is 4.13. The van der Waals surface area contributed by atoms with Crippen LogP contribution in [-0.4, -0.2) is 35.8 Å². The first-order chi connectivity index (χ1) is 13.5. The smallest absolute Gasteiger partial charge is 0.279 e. The van der Waals surface area contributed by atoms with E-state index < -0.39 is 11.9 Å². The predicted molar refractivity (Wildman–Crippen MR) is 115 cm³/mol. The molecule has 0 aliphatic rings. The number of hydrogen-bond donors (Lipinski definition) is 3. The van der Waals surface area contributed by atoms with Crippen LogP contribution in [0.25, 0.3) is 0 Å². The summed E-state index contributed by atoms with van der Waals surface area (Å²) >= 11 is 2.99. The van der Waals surface area contributed by atoms with Crippen molar-refractivity contribution in [2.24, 2.45) is 0 Å². The molecule has 0 bridgehead atoms. The van der Waals surface area contributed by atoms with Gasteiger partial charge in [0, 0.05) is 10.4 Å². The molecular weight excluding hydrogens is 394 g/mol. The number of hydrazine groups is 1. The summed E-state index contributed by atoms with van der Waals surface area (Å²) in [5.41, 5.74) is 6.43. The number of rotatable bonds is 8. The highest BCUT2D eigenvalue weighted by Gasteiger charge is 2.22. The van der Waals surface area contributed by atoms with Gasteiger partial charge in [-0.2, -0.15) is 11.8 Å². The number of carbonyl (C=O) groups is 3. The van der Waals surface area contributed by atoms with Crippen molar-refractivity contribution in [3.05, 3.63) is 57.3 Å². The molecule has 3 N–H and O–H groups in total. The minimum Gasteiger partial charge on any atom is -0.340 e. The van der Waals surface area contributed by atoms with Gasteiger partial charge in [-0.05, 0) is 55.5 Å². The fraction of sp³-hybridized carbons (Fsp3) is 0.350. The van der Waals surface area contributed by atoms with Gasteiger partial charge in [0.2, 0.25) is 0 Å². The number of carbonyl (C=O) groups excluding carboxylic acids is 3. The molecule has 1 aromatic heterocycles. The molecule has 6 nitrogen and oxygen atoms in total. The molecule has 3 amide bonds. The van der Waals surface area contributed by atoms with Gasteiger partial charge in [-0.25, -0.2) is 0 Å². The van der Waals surface area contributed by atoms with E-state index >= 15 is 0 Å². The molecule has 0 unspecified atom stereocenters. The summed E-state index contributed by atoms with van der Waals surface area (Å²) in [7, 11) is 0. The predicted octanol–water partition coefficient (Wildman–Crippen LogP) is 2.93. The number of aryl methyl sites for hydroxylation is 2. The van der Waals surface area contributed by atoms with Crippen LogP contribution < -0.4 is 16.2 Å². The summed E-state index contributed by atoms with van der Waals surface area (Å²) in [5.74, 6) is -0.435. The molecule has 0 aliphatic carbocycles. The molecule has 0 saturated heterocycles. The fourth-order valence-electron chi connectivity index (χ4n) is 2.59. The van der Waals surface area contributed by atoms with Crippen LogP contribution in [0.3, 0.4) is 0 Å². The first kappa shape index (κ1) is 22.0. The van der Waals surface area contributed by atoms with Crippen molar-refractivity contribution in [2.45, 2.75) is 32.7 Å². The van der Waals surface area contributed by atoms with Crippen LogP contribution in [0.15, 0.2) is 36.4 Å². The van der Waals surface area contributed by atoms with Gasteiger partial charge >= 0.3 is 0 Å². The Balaban J connectivity index is 1.97. The first-order valence-electron chi connectivity index (χ1n) is 9.00. The zero-order chi connectivity index (χ0) is 20.5. The Labute approximate surface area is 173 Å². The van der Waals surface area contributed by atoms with Gasteiger partial charge in [0.05, 0.1) is 4.88 Å². The van der Waals surface area contributed by atoms with Crippen LogP contribution >= 0.6 is 23.1 Å². The van der Waals surface area contributed by atoms with Crippen LogP contribution in [0, 0.1) is 6.92 Å². The van der Waals surface area contributed by atoms with E-state index in [0.29, 0.717) is 22.6 Å². The molecule has 0 spiro atoms. The summed E-state index contributed by atoms with van der Waals surface area (Å²) in [6.45, 7) is 4.00. The summed E-state index contributed by atoms with van der Waals surface area (Å²) in [6.07, 6.45) is 3.25. The molecule has 0 saturated carbocycles. The highest BCUT2D eigenvalue weighted by molar-refractivity contribution is 7.98. The quantitative estimate of drug-likeness (QED) is 0.574. The van der Waals surface area contributed by atoms with Gasteiger partial charge < -0.3 is 5.32 Å². The summed E-state index contributed by atoms with van der Waals surface area (Å²) in [6, 6.07) is 9.79. The van der Waals surface area contributed by atoms with E-state index in [1.165, 1.54) is 11.3 Å². The summed E-state index contributed by atoms with van der Waals surface area (Å²) in [5, 5.41) is 2.74. The summed E-state index contributed by atoms with van der Waals surface area (Å²) in [4.78, 5) is 38.9. The van der Waals surface area contributed by atoms with Crippen molar-refractivity contribution < 1.29 is 14.4 Å². The Morgan fingerprint density at radius 2 is 1.82 bits per heavy atom. The van der Waals surface area contributed by atoms with Crippen LogP contribution in [0.1, 0.15) is 43.8 Å². The minimum absolute atomic E-state index is 0.324. The van der Waals surface area contributed by atoms with E-state index in [9.17, 15) is 14.4 Å². The largest absolute Gasteiger partial charge is 0.340 e. The second-order valence-electron chi connectivity index (χ2n) is 6.19. The van der Waals surface area contributed by atoms with Gasteiger partial charge in [0.15, 0.2) is 0 Å². The van der Waals surface area contributed by atoms with Gasteiger partial charge in [-0.15, -0.1) is 11.3 Å². The van der Waals surface area contributed by atoms with E-state index in [1.807, 2.05) is 32.2 Å². The van der Waals surface area contributed by atoms with Crippen molar-refractivity contribution in [1.29, 1.82) is 0 Å². The number of nitrogens with one attached hydrogen (secondary N) is 3. The normalized spacial score (nSPS) is 11.5. The lowest BCUT2D eigenvalue weighted by Gasteiger charge is -2.18. The van der Waals surface area contributed by atoms with Crippen molar-refractivity contribution in [3.63, 3.8) is 0 Å². The highest BCUT2D eigenvalue weighted by atomic mass is 32.2. The van der Waals surface area contributed by atoms with E-state index in [1.54, 1.807) is 36.0 Å². The number of hydrogen-bond acceptors (Lipinski definition) is 5. The SMILES string of the molecule is CCc1sc(C(=O)NNC(=O)[C@@H](CCSC)NC(=O)c2ccccc2)cc1C. The second kappa shape index (κ2) is 10.9. The molecule has 2 aromatic rings. The first-order valence-corrected chi connectivity index (χ1v) is 11.2. The van der Waals surface area contributed by atoms with Gasteiger partial charge in [0.25, 0.3) is 17.7 Å². The highest BCUT2D eigenvalue weighted by Crippen LogP contribution is 2.22. The Bertz CT molecular complexity index is 821. The standard InChI is InChI=1S/C20H25N3O3S2/c1-4-16-13(2)12-17(28-16)20(26)23-22-19(25)15(10-11-27-3)21-18(24)14-8-6-5-7-9-14/h5-9,12,15H,4,10-11H2,1-3H3,(H,21,24)(H,22,25)(H,23,26)/t15-/m1/s1. The molecule has 28 heavy (non-hydrogen) atoms. The topological polar surface area (TPSA) is 87.3 Å². The molecule has 0 aliphatic heterocycles. The van der Waals surface area contributed by atoms with Crippen molar-refractivity contribution in [3.8, 4) is 0 Å². The van der Waals surface area contributed by atoms with E-state index in [-0.39, 0.29) is 11.8 Å². The monoisotopic (exact) mass is 419 g/mol. The Hall–Kier alpha value is -2.32. The number of amides is 3. The van der Waals surface area contributed by atoms with Crippen molar-refractivity contribution >= 4 is 40.8 Å². The third-order valence-corrected chi connectivity index (χ3v) is 6.16. The fourth-order valence-corrected chi connectivity index (χ4v) is 4.07.